The molecule has 0 atom stereocenters. The van der Waals surface area contributed by atoms with Gasteiger partial charge in [0.15, 0.2) is 0 Å². The van der Waals surface area contributed by atoms with Crippen molar-refractivity contribution in [3.63, 3.8) is 0 Å². The minimum Gasteiger partial charge on any atom is -0.345 e. The van der Waals surface area contributed by atoms with Gasteiger partial charge in [0.25, 0.3) is 0 Å². The summed E-state index contributed by atoms with van der Waals surface area (Å²) in [5.41, 5.74) is 2.66. The zero-order chi connectivity index (χ0) is 9.14. The molecule has 0 spiro atoms. The summed E-state index contributed by atoms with van der Waals surface area (Å²) in [4.78, 5) is 0. The second-order valence-corrected chi connectivity index (χ2v) is 3.28. The van der Waals surface area contributed by atoms with E-state index in [1.807, 2.05) is 6.08 Å². The molecule has 0 fully saturated rings. The molecule has 1 heteroatoms. The Morgan fingerprint density at radius 3 is 2.67 bits per heavy atom. The molecule has 0 aliphatic heterocycles. The SMILES string of the molecule is C=Cc1c(CC)ccn1C(C)C. The predicted molar refractivity (Wildman–Crippen MR) is 54.3 cm³/mol. The van der Waals surface area contributed by atoms with Crippen molar-refractivity contribution < 1.29 is 0 Å². The first kappa shape index (κ1) is 9.11. The Bertz CT molecular complexity index is 269. The summed E-state index contributed by atoms with van der Waals surface area (Å²) in [6.07, 6.45) is 5.17. The highest BCUT2D eigenvalue weighted by atomic mass is 15.0. The van der Waals surface area contributed by atoms with Gasteiger partial charge in [0, 0.05) is 17.9 Å². The van der Waals surface area contributed by atoms with Gasteiger partial charge in [-0.1, -0.05) is 13.5 Å². The molecule has 0 radical (unpaired) electrons. The fraction of sp³-hybridized carbons (Fsp3) is 0.455. The van der Waals surface area contributed by atoms with Crippen molar-refractivity contribution in [2.75, 3.05) is 0 Å². The Kier molecular flexibility index (Phi) is 2.74. The van der Waals surface area contributed by atoms with Gasteiger partial charge >= 0.3 is 0 Å². The van der Waals surface area contributed by atoms with E-state index in [1.54, 1.807) is 0 Å². The van der Waals surface area contributed by atoms with Crippen LogP contribution in [0.2, 0.25) is 0 Å². The first-order chi connectivity index (χ1) is 5.70. The molecule has 1 aromatic heterocycles. The molecule has 0 saturated carbocycles. The molecule has 12 heavy (non-hydrogen) atoms. The summed E-state index contributed by atoms with van der Waals surface area (Å²) < 4.78 is 2.26. The van der Waals surface area contributed by atoms with E-state index in [-0.39, 0.29) is 0 Å². The Morgan fingerprint density at radius 2 is 2.25 bits per heavy atom. The molecular formula is C11H17N. The lowest BCUT2D eigenvalue weighted by Gasteiger charge is -2.10. The topological polar surface area (TPSA) is 4.93 Å². The van der Waals surface area contributed by atoms with Crippen molar-refractivity contribution in [3.05, 3.63) is 30.1 Å². The van der Waals surface area contributed by atoms with Crippen LogP contribution in [0.4, 0.5) is 0 Å². The van der Waals surface area contributed by atoms with Gasteiger partial charge in [0.1, 0.15) is 0 Å². The van der Waals surface area contributed by atoms with Gasteiger partial charge in [-0.05, 0) is 38.0 Å². The van der Waals surface area contributed by atoms with E-state index >= 15 is 0 Å². The minimum absolute atomic E-state index is 0.526. The average molecular weight is 163 g/mol. The molecule has 0 aliphatic carbocycles. The van der Waals surface area contributed by atoms with Gasteiger partial charge in [-0.2, -0.15) is 0 Å². The van der Waals surface area contributed by atoms with Crippen LogP contribution in [-0.2, 0) is 6.42 Å². The number of aryl methyl sites for hydroxylation is 1. The molecule has 0 bridgehead atoms. The van der Waals surface area contributed by atoms with Crippen molar-refractivity contribution in [3.8, 4) is 0 Å². The second kappa shape index (κ2) is 3.61. The van der Waals surface area contributed by atoms with E-state index in [4.69, 9.17) is 0 Å². The Labute approximate surface area is 74.7 Å². The highest BCUT2D eigenvalue weighted by molar-refractivity contribution is 5.48. The van der Waals surface area contributed by atoms with E-state index in [9.17, 15) is 0 Å². The molecule has 0 unspecified atom stereocenters. The molecule has 0 N–H and O–H groups in total. The monoisotopic (exact) mass is 163 g/mol. The number of hydrogen-bond donors (Lipinski definition) is 0. The van der Waals surface area contributed by atoms with E-state index in [2.05, 4.69) is 44.2 Å². The van der Waals surface area contributed by atoms with Gasteiger partial charge < -0.3 is 4.57 Å². The van der Waals surface area contributed by atoms with Crippen LogP contribution in [0.3, 0.4) is 0 Å². The molecule has 1 nitrogen and oxygen atoms in total. The number of aromatic nitrogens is 1. The van der Waals surface area contributed by atoms with Crippen molar-refractivity contribution in [1.82, 2.24) is 4.57 Å². The van der Waals surface area contributed by atoms with Gasteiger partial charge in [-0.15, -0.1) is 0 Å². The van der Waals surface area contributed by atoms with Crippen LogP contribution in [0.15, 0.2) is 18.8 Å². The second-order valence-electron chi connectivity index (χ2n) is 3.28. The predicted octanol–water partition coefficient (Wildman–Crippen LogP) is 3.27. The Morgan fingerprint density at radius 1 is 1.58 bits per heavy atom. The summed E-state index contributed by atoms with van der Waals surface area (Å²) >= 11 is 0. The maximum absolute atomic E-state index is 3.83. The van der Waals surface area contributed by atoms with E-state index in [1.165, 1.54) is 11.3 Å². The van der Waals surface area contributed by atoms with Crippen molar-refractivity contribution in [2.24, 2.45) is 0 Å². The first-order valence-electron chi connectivity index (χ1n) is 4.52. The van der Waals surface area contributed by atoms with Crippen LogP contribution in [0.25, 0.3) is 6.08 Å². The molecular weight excluding hydrogens is 146 g/mol. The van der Waals surface area contributed by atoms with Crippen LogP contribution in [-0.4, -0.2) is 4.57 Å². The number of nitrogens with zero attached hydrogens (tertiary/aromatic N) is 1. The molecule has 1 aromatic rings. The highest BCUT2D eigenvalue weighted by Crippen LogP contribution is 2.17. The molecule has 1 rings (SSSR count). The third kappa shape index (κ3) is 1.45. The lowest BCUT2D eigenvalue weighted by atomic mass is 10.2. The first-order valence-corrected chi connectivity index (χ1v) is 4.52. The lowest BCUT2D eigenvalue weighted by molar-refractivity contribution is 0.598. The summed E-state index contributed by atoms with van der Waals surface area (Å²) in [7, 11) is 0. The summed E-state index contributed by atoms with van der Waals surface area (Å²) in [5.74, 6) is 0. The smallest absolute Gasteiger partial charge is 0.0435 e. The molecule has 0 saturated heterocycles. The van der Waals surface area contributed by atoms with Gasteiger partial charge in [-0.3, -0.25) is 0 Å². The summed E-state index contributed by atoms with van der Waals surface area (Å²) in [5, 5.41) is 0. The quantitative estimate of drug-likeness (QED) is 0.644. The zero-order valence-electron chi connectivity index (χ0n) is 8.17. The molecule has 0 amide bonds. The fourth-order valence-corrected chi connectivity index (χ4v) is 1.49. The maximum atomic E-state index is 3.83. The highest BCUT2D eigenvalue weighted by Gasteiger charge is 2.05. The third-order valence-electron chi connectivity index (χ3n) is 2.17. The number of hydrogen-bond acceptors (Lipinski definition) is 0. The van der Waals surface area contributed by atoms with Crippen molar-refractivity contribution >= 4 is 6.08 Å². The molecule has 66 valence electrons. The minimum atomic E-state index is 0.526. The summed E-state index contributed by atoms with van der Waals surface area (Å²) in [6, 6.07) is 2.70. The standard InChI is InChI=1S/C11H17N/c1-5-10-7-8-12(9(3)4)11(10)6-2/h6-9H,2,5H2,1,3-4H3. The van der Waals surface area contributed by atoms with E-state index in [0.717, 1.165) is 6.42 Å². The van der Waals surface area contributed by atoms with Crippen LogP contribution < -0.4 is 0 Å². The zero-order valence-corrected chi connectivity index (χ0v) is 8.17. The number of rotatable bonds is 3. The molecule has 0 aromatic carbocycles. The Hall–Kier alpha value is -0.980. The molecule has 0 aliphatic rings. The van der Waals surface area contributed by atoms with Crippen molar-refractivity contribution in [1.29, 1.82) is 0 Å². The van der Waals surface area contributed by atoms with Gasteiger partial charge in [0.05, 0.1) is 0 Å². The van der Waals surface area contributed by atoms with E-state index in [0.29, 0.717) is 6.04 Å². The maximum Gasteiger partial charge on any atom is 0.0435 e. The Balaban J connectivity index is 3.13. The third-order valence-corrected chi connectivity index (χ3v) is 2.17. The van der Waals surface area contributed by atoms with Crippen LogP contribution in [0, 0.1) is 0 Å². The summed E-state index contributed by atoms with van der Waals surface area (Å²) in [6.45, 7) is 10.4. The van der Waals surface area contributed by atoms with Crippen LogP contribution in [0.1, 0.15) is 38.1 Å². The van der Waals surface area contributed by atoms with Gasteiger partial charge in [-0.25, -0.2) is 0 Å². The normalized spacial score (nSPS) is 10.7. The van der Waals surface area contributed by atoms with Crippen molar-refractivity contribution in [2.45, 2.75) is 33.2 Å². The largest absolute Gasteiger partial charge is 0.345 e. The fourth-order valence-electron chi connectivity index (χ4n) is 1.49. The molecule has 1 heterocycles. The average Bonchev–Trinajstić information content (AvgIpc) is 2.46. The van der Waals surface area contributed by atoms with Crippen LogP contribution in [0.5, 0.6) is 0 Å². The van der Waals surface area contributed by atoms with Gasteiger partial charge in [0.2, 0.25) is 0 Å². The van der Waals surface area contributed by atoms with Crippen LogP contribution >= 0.6 is 0 Å². The lowest BCUT2D eigenvalue weighted by Crippen LogP contribution is -2.01. The van der Waals surface area contributed by atoms with E-state index < -0.39 is 0 Å².